The van der Waals surface area contributed by atoms with E-state index in [4.69, 9.17) is 37.1 Å². The molecule has 1 atom stereocenters. The first-order valence-electron chi connectivity index (χ1n) is 6.60. The first-order chi connectivity index (χ1) is 10.5. The summed E-state index contributed by atoms with van der Waals surface area (Å²) in [5.74, 6) is 2.73. The van der Waals surface area contributed by atoms with E-state index < -0.39 is 4.33 Å². The molecule has 0 spiro atoms. The molecule has 22 heavy (non-hydrogen) atoms. The Balaban J connectivity index is 1.70. The van der Waals surface area contributed by atoms with E-state index in [1.54, 1.807) is 26.4 Å². The summed E-state index contributed by atoms with van der Waals surface area (Å²) in [6, 6.07) is 5.43. The molecule has 0 amide bonds. The molecule has 0 radical (unpaired) electrons. The third-order valence-corrected chi connectivity index (χ3v) is 5.31. The molecular formula is C14H14Cl2N2O3S. The average Bonchev–Trinajstić information content (AvgIpc) is 2.92. The van der Waals surface area contributed by atoms with Crippen molar-refractivity contribution in [2.75, 3.05) is 20.0 Å². The minimum atomic E-state index is -0.584. The Bertz CT molecular complexity index is 678. The van der Waals surface area contributed by atoms with Crippen LogP contribution >= 0.6 is 35.0 Å². The van der Waals surface area contributed by atoms with Gasteiger partial charge in [0.25, 0.3) is 5.22 Å². The van der Waals surface area contributed by atoms with Gasteiger partial charge in [0.15, 0.2) is 11.5 Å². The van der Waals surface area contributed by atoms with Crippen LogP contribution in [-0.4, -0.2) is 34.5 Å². The molecule has 1 aromatic heterocycles. The number of alkyl halides is 2. The standard InChI is InChI=1S/C14H14Cl2N2O3S/c1-19-10-4-3-8(5-11(10)20-2)12-17-18-13(21-12)22-7-9-6-14(9,15)16/h3-5,9H,6-7H2,1-2H3/t9-/m0/s1. The normalized spacial score (nSPS) is 19.0. The molecule has 1 aliphatic rings. The number of aromatic nitrogens is 2. The van der Waals surface area contributed by atoms with E-state index in [9.17, 15) is 0 Å². The number of rotatable bonds is 6. The highest BCUT2D eigenvalue weighted by atomic mass is 35.5. The van der Waals surface area contributed by atoms with Gasteiger partial charge in [-0.05, 0) is 24.6 Å². The Labute approximate surface area is 142 Å². The monoisotopic (exact) mass is 360 g/mol. The molecule has 1 saturated carbocycles. The molecule has 118 valence electrons. The molecule has 0 aliphatic heterocycles. The number of hydrogen-bond acceptors (Lipinski definition) is 6. The fraction of sp³-hybridized carbons (Fsp3) is 0.429. The lowest BCUT2D eigenvalue weighted by molar-refractivity contribution is 0.355. The van der Waals surface area contributed by atoms with E-state index in [1.807, 2.05) is 6.07 Å². The van der Waals surface area contributed by atoms with Gasteiger partial charge >= 0.3 is 0 Å². The lowest BCUT2D eigenvalue weighted by Gasteiger charge is -2.07. The van der Waals surface area contributed by atoms with Gasteiger partial charge in [0.2, 0.25) is 5.89 Å². The molecule has 8 heteroatoms. The number of hydrogen-bond donors (Lipinski definition) is 0. The second-order valence-corrected chi connectivity index (χ2v) is 7.43. The van der Waals surface area contributed by atoms with Crippen LogP contribution in [0.25, 0.3) is 11.5 Å². The maximum Gasteiger partial charge on any atom is 0.276 e. The van der Waals surface area contributed by atoms with Crippen molar-refractivity contribution in [2.24, 2.45) is 5.92 Å². The van der Waals surface area contributed by atoms with E-state index in [0.29, 0.717) is 22.6 Å². The molecule has 0 N–H and O–H groups in total. The number of thioether (sulfide) groups is 1. The zero-order valence-corrected chi connectivity index (χ0v) is 14.3. The Hall–Kier alpha value is -1.11. The highest BCUT2D eigenvalue weighted by molar-refractivity contribution is 7.99. The summed E-state index contributed by atoms with van der Waals surface area (Å²) in [6.45, 7) is 0. The first kappa shape index (κ1) is 15.8. The zero-order chi connectivity index (χ0) is 15.7. The van der Waals surface area contributed by atoms with Gasteiger partial charge in [-0.15, -0.1) is 33.4 Å². The zero-order valence-electron chi connectivity index (χ0n) is 12.0. The average molecular weight is 361 g/mol. The van der Waals surface area contributed by atoms with Crippen LogP contribution in [-0.2, 0) is 0 Å². The fourth-order valence-electron chi connectivity index (χ4n) is 1.98. The molecule has 2 aromatic rings. The van der Waals surface area contributed by atoms with E-state index in [2.05, 4.69) is 10.2 Å². The van der Waals surface area contributed by atoms with Crippen molar-refractivity contribution >= 4 is 35.0 Å². The molecule has 1 fully saturated rings. The Morgan fingerprint density at radius 2 is 2.00 bits per heavy atom. The van der Waals surface area contributed by atoms with Crippen LogP contribution in [0.3, 0.4) is 0 Å². The van der Waals surface area contributed by atoms with Crippen LogP contribution < -0.4 is 9.47 Å². The van der Waals surface area contributed by atoms with Crippen LogP contribution in [0.15, 0.2) is 27.8 Å². The van der Waals surface area contributed by atoms with Crippen molar-refractivity contribution in [3.63, 3.8) is 0 Å². The predicted molar refractivity (Wildman–Crippen MR) is 86.1 cm³/mol. The smallest absolute Gasteiger partial charge is 0.276 e. The van der Waals surface area contributed by atoms with E-state index >= 15 is 0 Å². The van der Waals surface area contributed by atoms with Crippen molar-refractivity contribution < 1.29 is 13.9 Å². The Morgan fingerprint density at radius 3 is 2.64 bits per heavy atom. The van der Waals surface area contributed by atoms with E-state index in [-0.39, 0.29) is 5.92 Å². The molecule has 5 nitrogen and oxygen atoms in total. The van der Waals surface area contributed by atoms with Gasteiger partial charge in [0.05, 0.1) is 14.2 Å². The molecule has 1 aromatic carbocycles. The SMILES string of the molecule is COc1ccc(-c2nnc(SC[C@@H]3CC3(Cl)Cl)o2)cc1OC. The minimum Gasteiger partial charge on any atom is -0.493 e. The second-order valence-electron chi connectivity index (χ2n) is 4.92. The Kier molecular flexibility index (Phi) is 4.43. The van der Waals surface area contributed by atoms with Gasteiger partial charge in [-0.25, -0.2) is 0 Å². The molecule has 3 rings (SSSR count). The van der Waals surface area contributed by atoms with Crippen molar-refractivity contribution in [2.45, 2.75) is 16.0 Å². The maximum absolute atomic E-state index is 6.00. The maximum atomic E-state index is 6.00. The minimum absolute atomic E-state index is 0.275. The fourth-order valence-corrected chi connectivity index (χ4v) is 3.67. The first-order valence-corrected chi connectivity index (χ1v) is 8.34. The molecular weight excluding hydrogens is 347 g/mol. The summed E-state index contributed by atoms with van der Waals surface area (Å²) in [7, 11) is 3.17. The van der Waals surface area contributed by atoms with Gasteiger partial charge in [-0.1, -0.05) is 11.8 Å². The lowest BCUT2D eigenvalue weighted by atomic mass is 10.2. The molecule has 0 unspecified atom stereocenters. The predicted octanol–water partition coefficient (Wildman–Crippen LogP) is 4.04. The van der Waals surface area contributed by atoms with Crippen molar-refractivity contribution in [1.82, 2.24) is 10.2 Å². The van der Waals surface area contributed by atoms with E-state index in [0.717, 1.165) is 17.7 Å². The highest BCUT2D eigenvalue weighted by Gasteiger charge is 2.51. The summed E-state index contributed by atoms with van der Waals surface area (Å²) < 4.78 is 15.5. The van der Waals surface area contributed by atoms with Gasteiger partial charge in [-0.2, -0.15) is 0 Å². The number of nitrogens with zero attached hydrogens (tertiary/aromatic N) is 2. The summed E-state index contributed by atoms with van der Waals surface area (Å²) in [6.07, 6.45) is 0.805. The summed E-state index contributed by atoms with van der Waals surface area (Å²) in [5, 5.41) is 8.58. The largest absolute Gasteiger partial charge is 0.493 e. The summed E-state index contributed by atoms with van der Waals surface area (Å²) >= 11 is 13.5. The number of methoxy groups -OCH3 is 2. The van der Waals surface area contributed by atoms with E-state index in [1.165, 1.54) is 11.8 Å². The van der Waals surface area contributed by atoms with Gasteiger partial charge in [-0.3, -0.25) is 0 Å². The van der Waals surface area contributed by atoms with Gasteiger partial charge in [0.1, 0.15) is 4.33 Å². The van der Waals surface area contributed by atoms with Crippen LogP contribution in [0.1, 0.15) is 6.42 Å². The third-order valence-electron chi connectivity index (χ3n) is 3.40. The van der Waals surface area contributed by atoms with Gasteiger partial charge in [0, 0.05) is 17.2 Å². The third kappa shape index (κ3) is 3.29. The van der Waals surface area contributed by atoms with Crippen LogP contribution in [0.2, 0.25) is 0 Å². The summed E-state index contributed by atoms with van der Waals surface area (Å²) in [4.78, 5) is 0. The van der Waals surface area contributed by atoms with Crippen LogP contribution in [0.4, 0.5) is 0 Å². The Morgan fingerprint density at radius 1 is 1.27 bits per heavy atom. The molecule has 0 saturated heterocycles. The quantitative estimate of drug-likeness (QED) is 0.572. The van der Waals surface area contributed by atoms with Crippen molar-refractivity contribution in [3.05, 3.63) is 18.2 Å². The number of benzene rings is 1. The second kappa shape index (κ2) is 6.18. The summed E-state index contributed by atoms with van der Waals surface area (Å²) in [5.41, 5.74) is 0.771. The lowest BCUT2D eigenvalue weighted by Crippen LogP contribution is -1.92. The molecule has 1 aliphatic carbocycles. The molecule has 1 heterocycles. The van der Waals surface area contributed by atoms with Crippen LogP contribution in [0, 0.1) is 5.92 Å². The van der Waals surface area contributed by atoms with Crippen molar-refractivity contribution in [3.8, 4) is 23.0 Å². The van der Waals surface area contributed by atoms with Gasteiger partial charge < -0.3 is 13.9 Å². The highest BCUT2D eigenvalue weighted by Crippen LogP contribution is 2.54. The van der Waals surface area contributed by atoms with Crippen molar-refractivity contribution in [1.29, 1.82) is 0 Å². The number of ether oxygens (including phenoxy) is 2. The van der Waals surface area contributed by atoms with Crippen LogP contribution in [0.5, 0.6) is 11.5 Å². The number of halogens is 2. The molecule has 0 bridgehead atoms. The topological polar surface area (TPSA) is 57.4 Å².